The highest BCUT2D eigenvalue weighted by Crippen LogP contribution is 2.16. The van der Waals surface area contributed by atoms with Gasteiger partial charge >= 0.3 is 0 Å². The topological polar surface area (TPSA) is 131 Å². The van der Waals surface area contributed by atoms with Crippen LogP contribution in [0.2, 0.25) is 0 Å². The van der Waals surface area contributed by atoms with Crippen molar-refractivity contribution in [2.24, 2.45) is 0 Å². The van der Waals surface area contributed by atoms with E-state index in [1.807, 2.05) is 0 Å². The Hall–Kier alpha value is -2.75. The second-order valence-electron chi connectivity index (χ2n) is 4.19. The van der Waals surface area contributed by atoms with E-state index >= 15 is 0 Å². The van der Waals surface area contributed by atoms with Crippen LogP contribution >= 0.6 is 11.8 Å². The lowest BCUT2D eigenvalue weighted by molar-refractivity contribution is -0.384. The molecule has 22 heavy (non-hydrogen) atoms. The van der Waals surface area contributed by atoms with E-state index < -0.39 is 4.92 Å². The van der Waals surface area contributed by atoms with Gasteiger partial charge in [0.2, 0.25) is 5.91 Å². The van der Waals surface area contributed by atoms with Crippen molar-refractivity contribution in [1.82, 2.24) is 15.2 Å². The fourth-order valence-electron chi connectivity index (χ4n) is 1.44. The second kappa shape index (κ2) is 6.80. The lowest BCUT2D eigenvalue weighted by Crippen LogP contribution is -2.17. The highest BCUT2D eigenvalue weighted by Gasteiger charge is 2.08. The van der Waals surface area contributed by atoms with Crippen LogP contribution in [0.15, 0.2) is 34.2 Å². The monoisotopic (exact) mass is 321 g/mol. The zero-order valence-electron chi connectivity index (χ0n) is 11.4. The van der Waals surface area contributed by atoms with Crippen molar-refractivity contribution in [3.8, 4) is 0 Å². The molecular weight excluding hydrogens is 310 g/mol. The van der Waals surface area contributed by atoms with E-state index in [9.17, 15) is 19.7 Å². The normalized spacial score (nSPS) is 10.2. The number of non-ortho nitro benzene ring substituents is 1. The molecule has 0 fully saturated rings. The van der Waals surface area contributed by atoms with Crippen LogP contribution in [0, 0.1) is 17.0 Å². The van der Waals surface area contributed by atoms with Crippen molar-refractivity contribution in [3.05, 3.63) is 50.4 Å². The summed E-state index contributed by atoms with van der Waals surface area (Å²) in [4.78, 5) is 35.6. The number of rotatable bonds is 5. The number of aromatic amines is 1. The maximum absolute atomic E-state index is 11.8. The number of thioether (sulfide) groups is 1. The minimum absolute atomic E-state index is 0.0185. The van der Waals surface area contributed by atoms with Gasteiger partial charge in [0.15, 0.2) is 5.16 Å². The summed E-state index contributed by atoms with van der Waals surface area (Å²) < 4.78 is 0. The number of H-pyrrole nitrogens is 1. The Bertz CT molecular complexity index is 759. The minimum Gasteiger partial charge on any atom is -0.325 e. The van der Waals surface area contributed by atoms with E-state index in [-0.39, 0.29) is 33.8 Å². The fraction of sp³-hybridized carbons (Fsp3) is 0.167. The van der Waals surface area contributed by atoms with Gasteiger partial charge in [-0.2, -0.15) is 0 Å². The van der Waals surface area contributed by atoms with E-state index in [4.69, 9.17) is 0 Å². The van der Waals surface area contributed by atoms with Crippen LogP contribution in [0.25, 0.3) is 0 Å². The number of anilines is 1. The third-order valence-electron chi connectivity index (χ3n) is 2.54. The number of nitrogens with zero attached hydrogens (tertiary/aromatic N) is 3. The average molecular weight is 321 g/mol. The number of hydrogen-bond donors (Lipinski definition) is 2. The largest absolute Gasteiger partial charge is 0.325 e. The summed E-state index contributed by atoms with van der Waals surface area (Å²) >= 11 is 1.03. The molecule has 0 aliphatic heterocycles. The van der Waals surface area contributed by atoms with Crippen LogP contribution in [0.1, 0.15) is 5.69 Å². The first-order valence-electron chi connectivity index (χ1n) is 6.06. The second-order valence-corrected chi connectivity index (χ2v) is 5.15. The Labute approximate surface area is 128 Å². The molecule has 114 valence electrons. The molecule has 2 aromatic rings. The van der Waals surface area contributed by atoms with Crippen molar-refractivity contribution in [1.29, 1.82) is 0 Å². The third-order valence-corrected chi connectivity index (χ3v) is 3.41. The predicted molar refractivity (Wildman–Crippen MR) is 79.8 cm³/mol. The third kappa shape index (κ3) is 4.12. The first kappa shape index (κ1) is 15.6. The maximum Gasteiger partial charge on any atom is 0.273 e. The smallest absolute Gasteiger partial charge is 0.273 e. The zero-order chi connectivity index (χ0) is 16.1. The maximum atomic E-state index is 11.8. The first-order chi connectivity index (χ1) is 10.5. The molecule has 0 atom stereocenters. The Morgan fingerprint density at radius 2 is 2.05 bits per heavy atom. The number of carbonyl (C=O) groups excluding carboxylic acids is 1. The van der Waals surface area contributed by atoms with E-state index in [1.54, 1.807) is 0 Å². The lowest BCUT2D eigenvalue weighted by atomic mass is 10.3. The van der Waals surface area contributed by atoms with Gasteiger partial charge in [-0.1, -0.05) is 11.8 Å². The van der Waals surface area contributed by atoms with Gasteiger partial charge in [0, 0.05) is 17.8 Å². The number of amides is 1. The standard InChI is InChI=1S/C12H11N5O4S/c1-7-11(19)14-12(16-15-7)22-6-10(18)13-8-2-4-9(5-3-8)17(20)21/h2-5H,6H2,1H3,(H,13,18)(H,14,16,19). The molecule has 0 aliphatic carbocycles. The van der Waals surface area contributed by atoms with Gasteiger partial charge in [-0.3, -0.25) is 24.7 Å². The number of carbonyl (C=O) groups is 1. The number of aryl methyl sites for hydroxylation is 1. The van der Waals surface area contributed by atoms with Crippen LogP contribution in [-0.4, -0.2) is 31.8 Å². The van der Waals surface area contributed by atoms with Gasteiger partial charge in [-0.15, -0.1) is 10.2 Å². The van der Waals surface area contributed by atoms with Gasteiger partial charge in [-0.05, 0) is 19.1 Å². The molecule has 1 aromatic heterocycles. The molecular formula is C12H11N5O4S. The van der Waals surface area contributed by atoms with Crippen molar-refractivity contribution in [2.45, 2.75) is 12.1 Å². The van der Waals surface area contributed by atoms with E-state index in [1.165, 1.54) is 31.2 Å². The van der Waals surface area contributed by atoms with Crippen molar-refractivity contribution in [2.75, 3.05) is 11.1 Å². The minimum atomic E-state index is -0.520. The molecule has 0 spiro atoms. The molecule has 0 saturated carbocycles. The molecule has 1 heterocycles. The molecule has 0 radical (unpaired) electrons. The number of benzene rings is 1. The van der Waals surface area contributed by atoms with Crippen LogP contribution in [0.3, 0.4) is 0 Å². The van der Waals surface area contributed by atoms with Gasteiger partial charge in [0.05, 0.1) is 10.7 Å². The molecule has 1 aromatic carbocycles. The summed E-state index contributed by atoms with van der Waals surface area (Å²) in [5.41, 5.74) is 0.285. The summed E-state index contributed by atoms with van der Waals surface area (Å²) in [7, 11) is 0. The molecule has 2 rings (SSSR count). The summed E-state index contributed by atoms with van der Waals surface area (Å²) in [6.07, 6.45) is 0. The predicted octanol–water partition coefficient (Wildman–Crippen LogP) is 1.11. The Balaban J connectivity index is 1.91. The van der Waals surface area contributed by atoms with Crippen molar-refractivity contribution >= 4 is 29.0 Å². The van der Waals surface area contributed by atoms with Crippen LogP contribution in [-0.2, 0) is 4.79 Å². The number of nitro groups is 1. The highest BCUT2D eigenvalue weighted by molar-refractivity contribution is 7.99. The summed E-state index contributed by atoms with van der Waals surface area (Å²) in [5.74, 6) is -0.313. The number of hydrogen-bond acceptors (Lipinski definition) is 7. The number of nitro benzene ring substituents is 1. The van der Waals surface area contributed by atoms with Gasteiger partial charge in [0.25, 0.3) is 11.2 Å². The Morgan fingerprint density at radius 3 is 2.64 bits per heavy atom. The molecule has 0 bridgehead atoms. The zero-order valence-corrected chi connectivity index (χ0v) is 12.2. The summed E-state index contributed by atoms with van der Waals surface area (Å²) in [5, 5.41) is 20.8. The summed E-state index contributed by atoms with van der Waals surface area (Å²) in [6.45, 7) is 1.53. The number of aromatic nitrogens is 3. The molecule has 0 unspecified atom stereocenters. The van der Waals surface area contributed by atoms with Crippen LogP contribution in [0.5, 0.6) is 0 Å². The quantitative estimate of drug-likeness (QED) is 0.479. The average Bonchev–Trinajstić information content (AvgIpc) is 2.49. The fourth-order valence-corrected chi connectivity index (χ4v) is 2.04. The molecule has 9 nitrogen and oxygen atoms in total. The van der Waals surface area contributed by atoms with E-state index in [0.29, 0.717) is 5.69 Å². The van der Waals surface area contributed by atoms with Crippen LogP contribution in [0.4, 0.5) is 11.4 Å². The van der Waals surface area contributed by atoms with Gasteiger partial charge < -0.3 is 5.32 Å². The van der Waals surface area contributed by atoms with Gasteiger partial charge in [-0.25, -0.2) is 0 Å². The molecule has 1 amide bonds. The number of nitrogens with one attached hydrogen (secondary N) is 2. The Kier molecular flexibility index (Phi) is 4.84. The van der Waals surface area contributed by atoms with Crippen molar-refractivity contribution < 1.29 is 9.72 Å². The molecule has 0 aliphatic rings. The van der Waals surface area contributed by atoms with Crippen molar-refractivity contribution in [3.63, 3.8) is 0 Å². The summed E-state index contributed by atoms with van der Waals surface area (Å²) in [6, 6.07) is 5.47. The lowest BCUT2D eigenvalue weighted by Gasteiger charge is -2.04. The van der Waals surface area contributed by atoms with Gasteiger partial charge in [0.1, 0.15) is 5.69 Å². The van der Waals surface area contributed by atoms with Crippen LogP contribution < -0.4 is 10.9 Å². The molecule has 10 heteroatoms. The first-order valence-corrected chi connectivity index (χ1v) is 7.05. The molecule has 2 N–H and O–H groups in total. The Morgan fingerprint density at radius 1 is 1.36 bits per heavy atom. The molecule has 0 saturated heterocycles. The van der Waals surface area contributed by atoms with E-state index in [0.717, 1.165) is 11.8 Å². The highest BCUT2D eigenvalue weighted by atomic mass is 32.2. The van der Waals surface area contributed by atoms with E-state index in [2.05, 4.69) is 20.5 Å². The SMILES string of the molecule is Cc1nnc(SCC(=O)Nc2ccc([N+](=O)[O-])cc2)[nH]c1=O.